The van der Waals surface area contributed by atoms with Crippen molar-refractivity contribution in [2.24, 2.45) is 0 Å². The van der Waals surface area contributed by atoms with Gasteiger partial charge in [0.05, 0.1) is 5.69 Å². The Morgan fingerprint density at radius 1 is 1.50 bits per heavy atom. The van der Waals surface area contributed by atoms with Crippen molar-refractivity contribution < 1.29 is 9.18 Å². The Morgan fingerprint density at radius 2 is 2.19 bits per heavy atom. The highest BCUT2D eigenvalue weighted by Gasteiger charge is 2.33. The molecule has 1 aliphatic rings. The summed E-state index contributed by atoms with van der Waals surface area (Å²) in [5.41, 5.74) is 5.61. The zero-order chi connectivity index (χ0) is 11.8. The Hall–Kier alpha value is -1.58. The second kappa shape index (κ2) is 3.77. The number of nitrogens with two attached hydrogens (primary N) is 1. The maximum Gasteiger partial charge on any atom is 0.251 e. The fraction of sp³-hybridized carbons (Fsp3) is 0.417. The van der Waals surface area contributed by atoms with Crippen molar-refractivity contribution >= 4 is 11.6 Å². The smallest absolute Gasteiger partial charge is 0.251 e. The lowest BCUT2D eigenvalue weighted by Crippen LogP contribution is -2.50. The van der Waals surface area contributed by atoms with E-state index < -0.39 is 5.82 Å². The molecule has 0 atom stereocenters. The van der Waals surface area contributed by atoms with Gasteiger partial charge in [0.15, 0.2) is 0 Å². The van der Waals surface area contributed by atoms with Gasteiger partial charge in [0.1, 0.15) is 5.82 Å². The first-order valence-electron chi connectivity index (χ1n) is 5.38. The molecule has 4 heteroatoms. The van der Waals surface area contributed by atoms with Crippen molar-refractivity contribution in [1.82, 2.24) is 5.32 Å². The number of carbonyl (C=O) groups is 1. The standard InChI is InChI=1S/C12H15FN2O/c1-12(5-2-6-12)15-11(16)8-3-4-10(14)9(13)7-8/h3-4,7H,2,5-6,14H2,1H3,(H,15,16). The molecule has 0 saturated heterocycles. The third-order valence-electron chi connectivity index (χ3n) is 3.14. The Kier molecular flexibility index (Phi) is 2.58. The zero-order valence-corrected chi connectivity index (χ0v) is 9.22. The van der Waals surface area contributed by atoms with Crippen molar-refractivity contribution in [3.8, 4) is 0 Å². The number of carbonyl (C=O) groups excluding carboxylic acids is 1. The topological polar surface area (TPSA) is 55.1 Å². The predicted molar refractivity (Wildman–Crippen MR) is 60.5 cm³/mol. The van der Waals surface area contributed by atoms with Gasteiger partial charge in [-0.05, 0) is 44.4 Å². The van der Waals surface area contributed by atoms with E-state index in [1.165, 1.54) is 18.2 Å². The first-order valence-corrected chi connectivity index (χ1v) is 5.38. The van der Waals surface area contributed by atoms with Crippen LogP contribution in [0.5, 0.6) is 0 Å². The third kappa shape index (κ3) is 2.01. The van der Waals surface area contributed by atoms with E-state index >= 15 is 0 Å². The minimum absolute atomic E-state index is 0.0615. The summed E-state index contributed by atoms with van der Waals surface area (Å²) < 4.78 is 13.2. The molecule has 3 nitrogen and oxygen atoms in total. The molecular weight excluding hydrogens is 207 g/mol. The summed E-state index contributed by atoms with van der Waals surface area (Å²) in [6.07, 6.45) is 3.10. The molecule has 0 heterocycles. The largest absolute Gasteiger partial charge is 0.396 e. The first-order chi connectivity index (χ1) is 7.50. The monoisotopic (exact) mass is 222 g/mol. The fourth-order valence-electron chi connectivity index (χ4n) is 1.85. The van der Waals surface area contributed by atoms with Gasteiger partial charge in [-0.3, -0.25) is 4.79 Å². The lowest BCUT2D eigenvalue weighted by molar-refractivity contribution is 0.0850. The van der Waals surface area contributed by atoms with Gasteiger partial charge in [-0.1, -0.05) is 0 Å². The van der Waals surface area contributed by atoms with Crippen LogP contribution in [0, 0.1) is 5.82 Å². The molecule has 1 amide bonds. The van der Waals surface area contributed by atoms with Crippen LogP contribution in [0.2, 0.25) is 0 Å². The molecule has 1 aliphatic carbocycles. The molecule has 1 aromatic carbocycles. The van der Waals surface area contributed by atoms with Crippen LogP contribution in [0.1, 0.15) is 36.5 Å². The third-order valence-corrected chi connectivity index (χ3v) is 3.14. The van der Waals surface area contributed by atoms with E-state index in [-0.39, 0.29) is 17.1 Å². The van der Waals surface area contributed by atoms with Crippen molar-refractivity contribution in [2.45, 2.75) is 31.7 Å². The number of nitrogens with one attached hydrogen (secondary N) is 1. The molecule has 0 aliphatic heterocycles. The highest BCUT2D eigenvalue weighted by molar-refractivity contribution is 5.95. The summed E-state index contributed by atoms with van der Waals surface area (Å²) in [7, 11) is 0. The Bertz CT molecular complexity index is 427. The van der Waals surface area contributed by atoms with Gasteiger partial charge >= 0.3 is 0 Å². The summed E-state index contributed by atoms with van der Waals surface area (Å²) >= 11 is 0. The predicted octanol–water partition coefficient (Wildman–Crippen LogP) is 2.08. The molecule has 3 N–H and O–H groups in total. The Balaban J connectivity index is 2.11. The number of amides is 1. The normalized spacial score (nSPS) is 17.6. The zero-order valence-electron chi connectivity index (χ0n) is 9.22. The number of benzene rings is 1. The van der Waals surface area contributed by atoms with Gasteiger partial charge < -0.3 is 11.1 Å². The molecular formula is C12H15FN2O. The van der Waals surface area contributed by atoms with Crippen LogP contribution in [0.3, 0.4) is 0 Å². The van der Waals surface area contributed by atoms with Crippen molar-refractivity contribution in [2.75, 3.05) is 5.73 Å². The molecule has 0 aromatic heterocycles. The Labute approximate surface area is 93.8 Å². The summed E-state index contributed by atoms with van der Waals surface area (Å²) in [6, 6.07) is 4.12. The van der Waals surface area contributed by atoms with Crippen LogP contribution in [0.25, 0.3) is 0 Å². The first kappa shape index (κ1) is 10.9. The minimum atomic E-state index is -0.550. The van der Waals surface area contributed by atoms with Gasteiger partial charge in [-0.15, -0.1) is 0 Å². The summed E-state index contributed by atoms with van der Waals surface area (Å²) in [4.78, 5) is 11.8. The lowest BCUT2D eigenvalue weighted by Gasteiger charge is -2.39. The van der Waals surface area contributed by atoms with Gasteiger partial charge in [-0.25, -0.2) is 4.39 Å². The van der Waals surface area contributed by atoms with Crippen LogP contribution in [0.15, 0.2) is 18.2 Å². The van der Waals surface area contributed by atoms with Crippen molar-refractivity contribution in [3.63, 3.8) is 0 Å². The van der Waals surface area contributed by atoms with E-state index in [4.69, 9.17) is 5.73 Å². The number of hydrogen-bond acceptors (Lipinski definition) is 2. The van der Waals surface area contributed by atoms with Crippen molar-refractivity contribution in [3.05, 3.63) is 29.6 Å². The SMILES string of the molecule is CC1(NC(=O)c2ccc(N)c(F)c2)CCC1. The van der Waals surface area contributed by atoms with Gasteiger partial charge in [0.25, 0.3) is 5.91 Å². The highest BCUT2D eigenvalue weighted by atomic mass is 19.1. The van der Waals surface area contributed by atoms with E-state index in [2.05, 4.69) is 5.32 Å². The summed E-state index contributed by atoms with van der Waals surface area (Å²) in [5, 5.41) is 2.91. The second-order valence-electron chi connectivity index (χ2n) is 4.60. The highest BCUT2D eigenvalue weighted by Crippen LogP contribution is 2.31. The molecule has 0 radical (unpaired) electrons. The van der Waals surface area contributed by atoms with Crippen LogP contribution in [0.4, 0.5) is 10.1 Å². The van der Waals surface area contributed by atoms with Gasteiger partial charge in [-0.2, -0.15) is 0 Å². The van der Waals surface area contributed by atoms with E-state index in [0.717, 1.165) is 19.3 Å². The quantitative estimate of drug-likeness (QED) is 0.753. The molecule has 2 rings (SSSR count). The summed E-state index contributed by atoms with van der Waals surface area (Å²) in [6.45, 7) is 2.00. The van der Waals surface area contributed by atoms with Gasteiger partial charge in [0.2, 0.25) is 0 Å². The number of anilines is 1. The molecule has 1 aromatic rings. The minimum Gasteiger partial charge on any atom is -0.396 e. The van der Waals surface area contributed by atoms with Crippen LogP contribution < -0.4 is 11.1 Å². The second-order valence-corrected chi connectivity index (χ2v) is 4.60. The van der Waals surface area contributed by atoms with E-state index in [1.54, 1.807) is 0 Å². The van der Waals surface area contributed by atoms with Crippen LogP contribution >= 0.6 is 0 Å². The molecule has 0 spiro atoms. The molecule has 1 fully saturated rings. The maximum absolute atomic E-state index is 13.2. The lowest BCUT2D eigenvalue weighted by atomic mass is 9.78. The molecule has 16 heavy (non-hydrogen) atoms. The molecule has 0 bridgehead atoms. The molecule has 86 valence electrons. The molecule has 1 saturated carbocycles. The number of nitrogen functional groups attached to an aromatic ring is 1. The average molecular weight is 222 g/mol. The number of rotatable bonds is 2. The fourth-order valence-corrected chi connectivity index (χ4v) is 1.85. The average Bonchev–Trinajstić information content (AvgIpc) is 2.19. The van der Waals surface area contributed by atoms with E-state index in [9.17, 15) is 9.18 Å². The van der Waals surface area contributed by atoms with Crippen LogP contribution in [-0.2, 0) is 0 Å². The summed E-state index contributed by atoms with van der Waals surface area (Å²) in [5.74, 6) is -0.785. The van der Waals surface area contributed by atoms with Gasteiger partial charge in [0, 0.05) is 11.1 Å². The van der Waals surface area contributed by atoms with Crippen molar-refractivity contribution in [1.29, 1.82) is 0 Å². The number of halogens is 1. The Morgan fingerprint density at radius 3 is 2.69 bits per heavy atom. The maximum atomic E-state index is 13.2. The van der Waals surface area contributed by atoms with Crippen LogP contribution in [-0.4, -0.2) is 11.4 Å². The van der Waals surface area contributed by atoms with E-state index in [1.807, 2.05) is 6.92 Å². The van der Waals surface area contributed by atoms with E-state index in [0.29, 0.717) is 5.56 Å². The number of hydrogen-bond donors (Lipinski definition) is 2. The molecule has 0 unspecified atom stereocenters.